The van der Waals surface area contributed by atoms with Crippen molar-refractivity contribution in [3.05, 3.63) is 102 Å². The monoisotopic (exact) mass is 659 g/mol. The highest BCUT2D eigenvalue weighted by Gasteiger charge is 2.34. The summed E-state index contributed by atoms with van der Waals surface area (Å²) in [6.07, 6.45) is -1.33. The van der Waals surface area contributed by atoms with Crippen LogP contribution >= 0.6 is 7.60 Å². The minimum atomic E-state index is -5.17. The van der Waals surface area contributed by atoms with Gasteiger partial charge >= 0.3 is 13.8 Å². The summed E-state index contributed by atoms with van der Waals surface area (Å²) in [7, 11) is -5.66. The maximum atomic E-state index is 13.8. The van der Waals surface area contributed by atoms with Gasteiger partial charge in [-0.2, -0.15) is 13.5 Å². The molecule has 0 fully saturated rings. The predicted octanol–water partition coefficient (Wildman–Crippen LogP) is 5.72. The Morgan fingerprint density at radius 2 is 1.56 bits per heavy atom. The summed E-state index contributed by atoms with van der Waals surface area (Å²) in [4.78, 5) is 24.6. The number of nitrogens with one attached hydrogen (secondary N) is 2. The highest BCUT2D eigenvalue weighted by Crippen LogP contribution is 2.48. The van der Waals surface area contributed by atoms with Crippen molar-refractivity contribution < 1.29 is 36.0 Å². The molecule has 0 radical (unpaired) electrons. The molecule has 9 nitrogen and oxygen atoms in total. The van der Waals surface area contributed by atoms with Crippen LogP contribution in [0.25, 0.3) is 10.8 Å². The van der Waals surface area contributed by atoms with Gasteiger partial charge < -0.3 is 19.6 Å². The molecular weight excluding hydrogens is 623 g/mol. The quantitative estimate of drug-likeness (QED) is 0.110. The fourth-order valence-corrected chi connectivity index (χ4v) is 6.79. The number of alkyl halides is 2. The molecule has 0 saturated heterocycles. The second-order valence-corrected chi connectivity index (χ2v) is 14.1. The first-order valence-electron chi connectivity index (χ1n) is 14.3. The third-order valence-electron chi connectivity index (χ3n) is 7.12. The predicted molar refractivity (Wildman–Crippen MR) is 171 cm³/mol. The van der Waals surface area contributed by atoms with Gasteiger partial charge in [-0.15, -0.1) is 0 Å². The molecule has 0 aliphatic rings. The van der Waals surface area contributed by atoms with Crippen molar-refractivity contribution in [2.24, 2.45) is 0 Å². The minimum Gasteiger partial charge on any atom is -0.421 e. The molecule has 0 saturated carbocycles. The molecule has 3 N–H and O–H groups in total. The lowest BCUT2D eigenvalue weighted by Crippen LogP contribution is -2.48. The number of amides is 1. The first-order valence-corrected chi connectivity index (χ1v) is 17.4. The zero-order valence-electron chi connectivity index (χ0n) is 24.9. The van der Waals surface area contributed by atoms with Gasteiger partial charge in [0, 0.05) is 37.1 Å². The van der Waals surface area contributed by atoms with Crippen molar-refractivity contribution >= 4 is 40.0 Å². The topological polar surface area (TPSA) is 125 Å². The number of hydrogen-bond acceptors (Lipinski definition) is 6. The molecule has 4 aromatic carbocycles. The van der Waals surface area contributed by atoms with E-state index in [9.17, 15) is 31.5 Å². The molecule has 2 unspecified atom stereocenters. The van der Waals surface area contributed by atoms with Gasteiger partial charge in [-0.25, -0.2) is 13.0 Å². The van der Waals surface area contributed by atoms with Gasteiger partial charge in [0.2, 0.25) is 15.9 Å². The van der Waals surface area contributed by atoms with Crippen LogP contribution in [0.3, 0.4) is 0 Å². The lowest BCUT2D eigenvalue weighted by molar-refractivity contribution is -0.122. The Morgan fingerprint density at radius 1 is 0.889 bits per heavy atom. The highest BCUT2D eigenvalue weighted by molar-refractivity contribution is 7.89. The summed E-state index contributed by atoms with van der Waals surface area (Å²) in [5.74, 6) is -0.803. The lowest BCUT2D eigenvalue weighted by atomic mass is 10.1. The zero-order chi connectivity index (χ0) is 32.6. The van der Waals surface area contributed by atoms with E-state index in [1.54, 1.807) is 18.2 Å². The summed E-state index contributed by atoms with van der Waals surface area (Å²) in [6.45, 7) is 0.330. The minimum absolute atomic E-state index is 0.0128. The van der Waals surface area contributed by atoms with E-state index in [2.05, 4.69) is 14.6 Å². The van der Waals surface area contributed by atoms with Crippen LogP contribution in [0, 0.1) is 0 Å². The van der Waals surface area contributed by atoms with E-state index in [1.165, 1.54) is 35.9 Å². The molecule has 240 valence electrons. The SMILES string of the molecule is CN(C)c1cccc2c(S(=O)(=O)NC(Cc3ccc(OP(=O)(O)C(F)F)cc3)C(=O)NCCCCc3ccccc3)cccc12. The van der Waals surface area contributed by atoms with E-state index >= 15 is 0 Å². The average molecular weight is 660 g/mol. The lowest BCUT2D eigenvalue weighted by Gasteiger charge is -2.21. The van der Waals surface area contributed by atoms with Crippen LogP contribution in [0.2, 0.25) is 0 Å². The number of unbranched alkanes of at least 4 members (excludes halogenated alkanes) is 1. The van der Waals surface area contributed by atoms with Crippen molar-refractivity contribution in [1.29, 1.82) is 0 Å². The number of nitrogens with zero attached hydrogens (tertiary/aromatic N) is 1. The van der Waals surface area contributed by atoms with Crippen LogP contribution in [0.15, 0.2) is 95.9 Å². The Balaban J connectivity index is 1.54. The third-order valence-corrected chi connectivity index (χ3v) is 9.62. The number of carbonyl (C=O) groups is 1. The van der Waals surface area contributed by atoms with Gasteiger partial charge in [0.25, 0.3) is 0 Å². The number of hydrogen-bond donors (Lipinski definition) is 3. The summed E-state index contributed by atoms with van der Waals surface area (Å²) < 4.78 is 71.8. The Labute approximate surface area is 261 Å². The van der Waals surface area contributed by atoms with Crippen molar-refractivity contribution in [2.45, 2.75) is 42.8 Å². The molecule has 0 heterocycles. The van der Waals surface area contributed by atoms with Gasteiger partial charge in [-0.1, -0.05) is 66.7 Å². The second-order valence-electron chi connectivity index (χ2n) is 10.7. The number of carbonyl (C=O) groups excluding carboxylic acids is 1. The van der Waals surface area contributed by atoms with Crippen LogP contribution in [-0.4, -0.2) is 52.1 Å². The first kappa shape index (κ1) is 34.1. The van der Waals surface area contributed by atoms with Crippen molar-refractivity contribution in [3.63, 3.8) is 0 Å². The van der Waals surface area contributed by atoms with Crippen LogP contribution in [0.4, 0.5) is 14.5 Å². The standard InChI is InChI=1S/C32H36F2N3O6PS/c1-37(2)29-15-8-14-27-26(29)13-9-16-30(27)45(41,42)36-28(31(38)35-21-7-6-12-23-10-4-3-5-11-23)22-24-17-19-25(20-18-24)43-44(39,40)32(33)34/h3-5,8-11,13-20,28,32,36H,6-7,12,21-22H2,1-2H3,(H,35,38)(H,39,40). The fraction of sp³-hybridized carbons (Fsp3) is 0.281. The molecule has 1 amide bonds. The summed E-state index contributed by atoms with van der Waals surface area (Å²) in [5, 5.41) is 4.05. The molecule has 0 aliphatic heterocycles. The van der Waals surface area contributed by atoms with Crippen molar-refractivity contribution in [2.75, 3.05) is 25.5 Å². The van der Waals surface area contributed by atoms with Crippen molar-refractivity contribution in [3.8, 4) is 5.75 Å². The maximum Gasteiger partial charge on any atom is 0.442 e. The van der Waals surface area contributed by atoms with Gasteiger partial charge in [-0.3, -0.25) is 4.79 Å². The first-order chi connectivity index (χ1) is 21.4. The van der Waals surface area contributed by atoms with E-state index in [0.29, 0.717) is 23.9 Å². The van der Waals surface area contributed by atoms with Crippen LogP contribution < -0.4 is 19.5 Å². The second kappa shape index (κ2) is 15.0. The van der Waals surface area contributed by atoms with E-state index in [-0.39, 0.29) is 17.1 Å². The smallest absolute Gasteiger partial charge is 0.421 e. The van der Waals surface area contributed by atoms with E-state index in [0.717, 1.165) is 23.9 Å². The Kier molecular flexibility index (Phi) is 11.3. The fourth-order valence-electron chi connectivity index (χ4n) is 4.87. The number of benzene rings is 4. The highest BCUT2D eigenvalue weighted by atomic mass is 32.2. The van der Waals surface area contributed by atoms with E-state index in [1.807, 2.05) is 61.5 Å². The van der Waals surface area contributed by atoms with Gasteiger partial charge in [-0.05, 0) is 61.1 Å². The molecule has 0 bridgehead atoms. The number of sulfonamides is 1. The van der Waals surface area contributed by atoms with Crippen LogP contribution in [-0.2, 0) is 32.2 Å². The largest absolute Gasteiger partial charge is 0.442 e. The molecule has 0 spiro atoms. The number of anilines is 1. The molecular formula is C32H36F2N3O6PS. The Hall–Kier alpha value is -3.83. The van der Waals surface area contributed by atoms with Gasteiger partial charge in [0.15, 0.2) is 0 Å². The number of aryl methyl sites for hydroxylation is 1. The number of fused-ring (bicyclic) bond motifs is 1. The normalized spacial score (nSPS) is 13.7. The van der Waals surface area contributed by atoms with Gasteiger partial charge in [0.1, 0.15) is 11.8 Å². The molecule has 0 aliphatic carbocycles. The molecule has 0 aromatic heterocycles. The van der Waals surface area contributed by atoms with E-state index < -0.39 is 35.7 Å². The Morgan fingerprint density at radius 3 is 2.22 bits per heavy atom. The number of halogens is 2. The molecule has 45 heavy (non-hydrogen) atoms. The summed E-state index contributed by atoms with van der Waals surface area (Å²) >= 11 is 0. The van der Waals surface area contributed by atoms with Crippen LogP contribution in [0.1, 0.15) is 24.0 Å². The van der Waals surface area contributed by atoms with Crippen LogP contribution in [0.5, 0.6) is 5.75 Å². The average Bonchev–Trinajstić information content (AvgIpc) is 3.01. The van der Waals surface area contributed by atoms with Crippen molar-refractivity contribution in [1.82, 2.24) is 10.0 Å². The third kappa shape index (κ3) is 9.11. The molecule has 13 heteroatoms. The maximum absolute atomic E-state index is 13.8. The van der Waals surface area contributed by atoms with E-state index in [4.69, 9.17) is 0 Å². The Bertz CT molecular complexity index is 1760. The molecule has 2 atom stereocenters. The van der Waals surface area contributed by atoms with Gasteiger partial charge in [0.05, 0.1) is 4.90 Å². The number of rotatable bonds is 15. The molecule has 4 rings (SSSR count). The summed E-state index contributed by atoms with van der Waals surface area (Å²) in [6, 6.07) is 24.2. The zero-order valence-corrected chi connectivity index (χ0v) is 26.6. The molecule has 4 aromatic rings. The summed E-state index contributed by atoms with van der Waals surface area (Å²) in [5.41, 5.74) is 2.48.